The second-order valence-electron chi connectivity index (χ2n) is 9.24. The van der Waals surface area contributed by atoms with E-state index in [-0.39, 0.29) is 39.0 Å². The highest BCUT2D eigenvalue weighted by Crippen LogP contribution is 2.24. The maximum atomic E-state index is 13.3. The van der Waals surface area contributed by atoms with Crippen molar-refractivity contribution in [2.24, 2.45) is 0 Å². The first-order valence-electron chi connectivity index (χ1n) is 12.4. The summed E-state index contributed by atoms with van der Waals surface area (Å²) in [7, 11) is -4.04. The van der Waals surface area contributed by atoms with E-state index in [9.17, 15) is 22.4 Å². The average molecular weight is 558 g/mol. The number of benzene rings is 4. The maximum Gasteiger partial charge on any atom is 0.329 e. The average Bonchev–Trinajstić information content (AvgIpc) is 2.94. The molecule has 1 N–H and O–H groups in total. The van der Waals surface area contributed by atoms with Crippen molar-refractivity contribution in [2.75, 3.05) is 0 Å². The van der Waals surface area contributed by atoms with Crippen LogP contribution in [0.3, 0.4) is 0 Å². The molecular weight excluding hydrogens is 533 g/mol. The summed E-state index contributed by atoms with van der Waals surface area (Å²) < 4.78 is 53.1. The molecule has 0 saturated heterocycles. The van der Waals surface area contributed by atoms with Gasteiger partial charge in [-0.2, -0.15) is 4.72 Å². The molecule has 0 bridgehead atoms. The molecule has 1 aromatic heterocycles. The molecule has 40 heavy (non-hydrogen) atoms. The highest BCUT2D eigenvalue weighted by Gasteiger charge is 2.28. The molecule has 0 aliphatic carbocycles. The number of carbonyl (C=O) groups is 1. The Kier molecular flexibility index (Phi) is 7.59. The Morgan fingerprint density at radius 1 is 0.950 bits per heavy atom. The van der Waals surface area contributed by atoms with E-state index < -0.39 is 27.9 Å². The highest BCUT2D eigenvalue weighted by atomic mass is 32.2. The fraction of sp³-hybridized carbons (Fsp3) is 0.0968. The highest BCUT2D eigenvalue weighted by molar-refractivity contribution is 7.89. The van der Waals surface area contributed by atoms with E-state index in [0.29, 0.717) is 5.56 Å². The van der Waals surface area contributed by atoms with Crippen molar-refractivity contribution in [2.45, 2.75) is 24.3 Å². The molecular formula is C31H24FNO6S. The standard InChI is InChI=1S/C31H24FNO6S/c1-20-7-14-25(15-8-20)40(36,37)33-28(17-21-5-3-2-4-6-21)31(35)39-24-13-16-26-29(18-24)38-19-27(30(26)34)22-9-11-23(32)12-10-22/h2-16,18-19,28,33H,17H2,1H3/t28-/m0/s1. The molecule has 0 aliphatic rings. The van der Waals surface area contributed by atoms with Gasteiger partial charge in [0, 0.05) is 6.07 Å². The summed E-state index contributed by atoms with van der Waals surface area (Å²) in [4.78, 5) is 26.3. The lowest BCUT2D eigenvalue weighted by atomic mass is 10.1. The van der Waals surface area contributed by atoms with E-state index in [1.54, 1.807) is 36.4 Å². The smallest absolute Gasteiger partial charge is 0.329 e. The Morgan fingerprint density at radius 2 is 1.65 bits per heavy atom. The Bertz CT molecular complexity index is 1830. The number of rotatable bonds is 8. The van der Waals surface area contributed by atoms with Crippen molar-refractivity contribution in [1.82, 2.24) is 4.72 Å². The van der Waals surface area contributed by atoms with E-state index in [1.807, 2.05) is 13.0 Å². The first-order valence-corrected chi connectivity index (χ1v) is 13.8. The minimum absolute atomic E-state index is 0.0217. The molecule has 1 heterocycles. The zero-order chi connectivity index (χ0) is 28.3. The van der Waals surface area contributed by atoms with Crippen LogP contribution in [0.4, 0.5) is 4.39 Å². The predicted octanol–water partition coefficient (Wildman–Crippen LogP) is 5.40. The number of aryl methyl sites for hydroxylation is 1. The molecule has 0 spiro atoms. The van der Waals surface area contributed by atoms with Crippen molar-refractivity contribution in [3.8, 4) is 16.9 Å². The first kappa shape index (κ1) is 27.0. The lowest BCUT2D eigenvalue weighted by molar-refractivity contribution is -0.136. The monoisotopic (exact) mass is 557 g/mol. The molecule has 0 unspecified atom stereocenters. The van der Waals surface area contributed by atoms with Crippen LogP contribution in [0.25, 0.3) is 22.1 Å². The molecule has 0 amide bonds. The molecule has 0 fully saturated rings. The zero-order valence-electron chi connectivity index (χ0n) is 21.3. The van der Waals surface area contributed by atoms with Crippen LogP contribution in [0.2, 0.25) is 0 Å². The van der Waals surface area contributed by atoms with Crippen molar-refractivity contribution in [3.05, 3.63) is 130 Å². The van der Waals surface area contributed by atoms with Crippen LogP contribution < -0.4 is 14.9 Å². The van der Waals surface area contributed by atoms with Gasteiger partial charge in [-0.05, 0) is 60.9 Å². The third-order valence-corrected chi connectivity index (χ3v) is 7.80. The van der Waals surface area contributed by atoms with Crippen LogP contribution in [0.1, 0.15) is 11.1 Å². The summed E-state index contributed by atoms with van der Waals surface area (Å²) in [5, 5.41) is 0.238. The summed E-state index contributed by atoms with van der Waals surface area (Å²) in [6.45, 7) is 1.84. The second kappa shape index (κ2) is 11.3. The molecule has 9 heteroatoms. The number of esters is 1. The summed E-state index contributed by atoms with van der Waals surface area (Å²) in [6.07, 6.45) is 1.31. The number of nitrogens with one attached hydrogen (secondary N) is 1. The molecule has 1 atom stereocenters. The molecule has 4 aromatic carbocycles. The van der Waals surface area contributed by atoms with Gasteiger partial charge in [-0.25, -0.2) is 17.6 Å². The van der Waals surface area contributed by atoms with E-state index in [4.69, 9.17) is 9.15 Å². The van der Waals surface area contributed by atoms with Crippen LogP contribution >= 0.6 is 0 Å². The number of halogens is 1. The Labute approximate surface area is 229 Å². The number of fused-ring (bicyclic) bond motifs is 1. The Balaban J connectivity index is 1.42. The van der Waals surface area contributed by atoms with Gasteiger partial charge in [0.2, 0.25) is 10.0 Å². The number of hydrogen-bond donors (Lipinski definition) is 1. The quantitative estimate of drug-likeness (QED) is 0.202. The third-order valence-electron chi connectivity index (χ3n) is 6.32. The minimum atomic E-state index is -4.04. The summed E-state index contributed by atoms with van der Waals surface area (Å²) in [5.74, 6) is -1.18. The van der Waals surface area contributed by atoms with Gasteiger partial charge in [-0.15, -0.1) is 0 Å². The number of ether oxygens (including phenoxy) is 1. The predicted molar refractivity (Wildman–Crippen MR) is 149 cm³/mol. The lowest BCUT2D eigenvalue weighted by Crippen LogP contribution is -2.44. The zero-order valence-corrected chi connectivity index (χ0v) is 22.2. The normalized spacial score (nSPS) is 12.2. The molecule has 5 rings (SSSR count). The topological polar surface area (TPSA) is 103 Å². The van der Waals surface area contributed by atoms with Crippen LogP contribution in [-0.4, -0.2) is 20.4 Å². The Morgan fingerprint density at radius 3 is 2.35 bits per heavy atom. The second-order valence-corrected chi connectivity index (χ2v) is 11.0. The third kappa shape index (κ3) is 6.01. The van der Waals surface area contributed by atoms with E-state index in [1.165, 1.54) is 60.9 Å². The molecule has 5 aromatic rings. The molecule has 0 aliphatic heterocycles. The van der Waals surface area contributed by atoms with Crippen LogP contribution in [0, 0.1) is 12.7 Å². The molecule has 7 nitrogen and oxygen atoms in total. The van der Waals surface area contributed by atoms with Gasteiger partial charge in [-0.1, -0.05) is 60.2 Å². The van der Waals surface area contributed by atoms with Gasteiger partial charge in [0.1, 0.15) is 29.5 Å². The van der Waals surface area contributed by atoms with Gasteiger partial charge in [0.05, 0.1) is 15.8 Å². The molecule has 202 valence electrons. The van der Waals surface area contributed by atoms with Gasteiger partial charge >= 0.3 is 5.97 Å². The number of sulfonamides is 1. The van der Waals surface area contributed by atoms with Crippen LogP contribution in [-0.2, 0) is 21.2 Å². The number of carbonyl (C=O) groups excluding carboxylic acids is 1. The minimum Gasteiger partial charge on any atom is -0.463 e. The van der Waals surface area contributed by atoms with Gasteiger partial charge in [-0.3, -0.25) is 4.79 Å². The maximum absolute atomic E-state index is 13.3. The van der Waals surface area contributed by atoms with E-state index in [0.717, 1.165) is 11.1 Å². The lowest BCUT2D eigenvalue weighted by Gasteiger charge is -2.18. The van der Waals surface area contributed by atoms with Gasteiger partial charge < -0.3 is 9.15 Å². The van der Waals surface area contributed by atoms with Crippen LogP contribution in [0.15, 0.2) is 117 Å². The summed E-state index contributed by atoms with van der Waals surface area (Å²) in [5.41, 5.74) is 2.21. The van der Waals surface area contributed by atoms with Crippen molar-refractivity contribution in [1.29, 1.82) is 0 Å². The summed E-state index contributed by atoms with van der Waals surface area (Å²) in [6, 6.07) is 23.7. The van der Waals surface area contributed by atoms with E-state index in [2.05, 4.69) is 4.72 Å². The van der Waals surface area contributed by atoms with Crippen molar-refractivity contribution >= 4 is 27.0 Å². The van der Waals surface area contributed by atoms with Gasteiger partial charge in [0.25, 0.3) is 0 Å². The fourth-order valence-electron chi connectivity index (χ4n) is 4.18. The van der Waals surface area contributed by atoms with Crippen molar-refractivity contribution in [3.63, 3.8) is 0 Å². The van der Waals surface area contributed by atoms with Gasteiger partial charge in [0.15, 0.2) is 5.43 Å². The first-order chi connectivity index (χ1) is 19.2. The number of hydrogen-bond acceptors (Lipinski definition) is 6. The molecule has 0 saturated carbocycles. The van der Waals surface area contributed by atoms with Crippen LogP contribution in [0.5, 0.6) is 5.75 Å². The summed E-state index contributed by atoms with van der Waals surface area (Å²) >= 11 is 0. The SMILES string of the molecule is Cc1ccc(S(=O)(=O)N[C@@H](Cc2ccccc2)C(=O)Oc2ccc3c(=O)c(-c4ccc(F)cc4)coc3c2)cc1. The van der Waals surface area contributed by atoms with E-state index >= 15 is 0 Å². The Hall–Kier alpha value is -4.60. The molecule has 0 radical (unpaired) electrons. The van der Waals surface area contributed by atoms with Crippen molar-refractivity contribution < 1.29 is 26.8 Å². The fourth-order valence-corrected chi connectivity index (χ4v) is 5.37. The largest absolute Gasteiger partial charge is 0.463 e.